The minimum absolute atomic E-state index is 0.0303. The fourth-order valence-corrected chi connectivity index (χ4v) is 3.30. The average molecular weight is 318 g/mol. The molecule has 1 aromatic carbocycles. The molecule has 1 aromatic rings. The first kappa shape index (κ1) is 14.3. The van der Waals surface area contributed by atoms with Crippen LogP contribution in [0.1, 0.15) is 16.8 Å². The molecule has 7 heteroatoms. The van der Waals surface area contributed by atoms with Gasteiger partial charge in [0.05, 0.1) is 18.6 Å². The van der Waals surface area contributed by atoms with Gasteiger partial charge in [-0.15, -0.1) is 0 Å². The lowest BCUT2D eigenvalue weighted by molar-refractivity contribution is -0.129. The molecule has 0 bridgehead atoms. The highest BCUT2D eigenvalue weighted by Crippen LogP contribution is 2.33. The van der Waals surface area contributed by atoms with Crippen molar-refractivity contribution in [1.82, 2.24) is 10.2 Å². The third-order valence-corrected chi connectivity index (χ3v) is 4.54. The molecule has 2 saturated heterocycles. The van der Waals surface area contributed by atoms with Gasteiger partial charge in [-0.1, -0.05) is 0 Å². The minimum atomic E-state index is -0.232. The molecule has 2 fully saturated rings. The van der Waals surface area contributed by atoms with Crippen LogP contribution in [-0.2, 0) is 9.53 Å². The van der Waals surface area contributed by atoms with Gasteiger partial charge in [-0.25, -0.2) is 0 Å². The van der Waals surface area contributed by atoms with E-state index in [1.54, 1.807) is 23.1 Å². The van der Waals surface area contributed by atoms with Crippen molar-refractivity contribution in [3.8, 4) is 11.5 Å². The Kier molecular flexibility index (Phi) is 3.57. The van der Waals surface area contributed by atoms with Gasteiger partial charge in [0.1, 0.15) is 0 Å². The summed E-state index contributed by atoms with van der Waals surface area (Å²) in [5.41, 5.74) is 0.561. The standard InChI is InChI=1S/C16H18N2O5/c19-15-11-3-5-18(8-14(11)21-6-4-17-15)16(20)10-1-2-12-13(7-10)23-9-22-12/h1-2,7,11,14H,3-6,8-9H2,(H,17,19)/t11-,14+/m1/s1. The maximum Gasteiger partial charge on any atom is 0.254 e. The molecule has 23 heavy (non-hydrogen) atoms. The van der Waals surface area contributed by atoms with Crippen molar-refractivity contribution in [3.63, 3.8) is 0 Å². The predicted octanol–water partition coefficient (Wildman–Crippen LogP) is 0.392. The van der Waals surface area contributed by atoms with Crippen molar-refractivity contribution in [1.29, 1.82) is 0 Å². The Morgan fingerprint density at radius 3 is 3.04 bits per heavy atom. The van der Waals surface area contributed by atoms with Crippen LogP contribution >= 0.6 is 0 Å². The molecule has 0 spiro atoms. The van der Waals surface area contributed by atoms with E-state index in [4.69, 9.17) is 14.2 Å². The number of nitrogens with zero attached hydrogens (tertiary/aromatic N) is 1. The molecule has 0 aromatic heterocycles. The average Bonchev–Trinajstić information content (AvgIpc) is 2.97. The quantitative estimate of drug-likeness (QED) is 0.811. The van der Waals surface area contributed by atoms with E-state index in [1.807, 2.05) is 0 Å². The lowest BCUT2D eigenvalue weighted by atomic mass is 9.92. The van der Waals surface area contributed by atoms with Crippen molar-refractivity contribution < 1.29 is 23.8 Å². The number of amides is 2. The summed E-state index contributed by atoms with van der Waals surface area (Å²) in [6.45, 7) is 2.18. The van der Waals surface area contributed by atoms with E-state index in [9.17, 15) is 9.59 Å². The summed E-state index contributed by atoms with van der Waals surface area (Å²) < 4.78 is 16.3. The minimum Gasteiger partial charge on any atom is -0.454 e. The highest BCUT2D eigenvalue weighted by Gasteiger charge is 2.38. The van der Waals surface area contributed by atoms with Crippen LogP contribution in [-0.4, -0.2) is 55.9 Å². The van der Waals surface area contributed by atoms with Crippen molar-refractivity contribution in [2.45, 2.75) is 12.5 Å². The van der Waals surface area contributed by atoms with Crippen LogP contribution in [0.25, 0.3) is 0 Å². The normalized spacial score (nSPS) is 26.3. The molecular weight excluding hydrogens is 300 g/mol. The van der Waals surface area contributed by atoms with E-state index in [2.05, 4.69) is 5.32 Å². The van der Waals surface area contributed by atoms with Crippen LogP contribution < -0.4 is 14.8 Å². The van der Waals surface area contributed by atoms with E-state index in [1.165, 1.54) is 0 Å². The number of nitrogens with one attached hydrogen (secondary N) is 1. The highest BCUT2D eigenvalue weighted by molar-refractivity contribution is 5.95. The zero-order chi connectivity index (χ0) is 15.8. The monoisotopic (exact) mass is 318 g/mol. The van der Waals surface area contributed by atoms with E-state index in [-0.39, 0.29) is 30.6 Å². The number of carbonyl (C=O) groups excluding carboxylic acids is 2. The molecule has 4 rings (SSSR count). The molecule has 3 aliphatic rings. The number of likely N-dealkylation sites (tertiary alicyclic amines) is 1. The molecule has 7 nitrogen and oxygen atoms in total. The number of ether oxygens (including phenoxy) is 3. The van der Waals surface area contributed by atoms with Gasteiger partial charge >= 0.3 is 0 Å². The van der Waals surface area contributed by atoms with Gasteiger partial charge in [0.25, 0.3) is 5.91 Å². The smallest absolute Gasteiger partial charge is 0.254 e. The lowest BCUT2D eigenvalue weighted by Gasteiger charge is -2.36. The summed E-state index contributed by atoms with van der Waals surface area (Å²) in [6, 6.07) is 5.19. The Bertz CT molecular complexity index is 647. The van der Waals surface area contributed by atoms with Gasteiger partial charge in [0.15, 0.2) is 11.5 Å². The third kappa shape index (κ3) is 2.61. The highest BCUT2D eigenvalue weighted by atomic mass is 16.7. The molecule has 2 amide bonds. The molecule has 122 valence electrons. The van der Waals surface area contributed by atoms with Crippen LogP contribution in [0.5, 0.6) is 11.5 Å². The summed E-state index contributed by atoms with van der Waals surface area (Å²) in [4.78, 5) is 26.5. The molecule has 1 N–H and O–H groups in total. The van der Waals surface area contributed by atoms with Crippen molar-refractivity contribution in [2.24, 2.45) is 5.92 Å². The van der Waals surface area contributed by atoms with E-state index in [0.717, 1.165) is 0 Å². The number of fused-ring (bicyclic) bond motifs is 2. The molecule has 0 aliphatic carbocycles. The molecule has 2 atom stereocenters. The zero-order valence-corrected chi connectivity index (χ0v) is 12.6. The van der Waals surface area contributed by atoms with E-state index in [0.29, 0.717) is 49.7 Å². The fraction of sp³-hybridized carbons (Fsp3) is 0.500. The van der Waals surface area contributed by atoms with Crippen molar-refractivity contribution in [3.05, 3.63) is 23.8 Å². The molecule has 3 aliphatic heterocycles. The maximum absolute atomic E-state index is 12.7. The number of hydrogen-bond donors (Lipinski definition) is 1. The van der Waals surface area contributed by atoms with Gasteiger partial charge in [-0.05, 0) is 24.6 Å². The van der Waals surface area contributed by atoms with Crippen LogP contribution in [0.15, 0.2) is 18.2 Å². The summed E-state index contributed by atoms with van der Waals surface area (Å²) in [5, 5.41) is 2.85. The maximum atomic E-state index is 12.7. The van der Waals surface area contributed by atoms with Gasteiger partial charge in [0, 0.05) is 25.2 Å². The largest absolute Gasteiger partial charge is 0.454 e. The van der Waals surface area contributed by atoms with Crippen LogP contribution in [0.3, 0.4) is 0 Å². The van der Waals surface area contributed by atoms with E-state index >= 15 is 0 Å². The Labute approximate surface area is 133 Å². The molecule has 0 saturated carbocycles. The second kappa shape index (κ2) is 5.73. The predicted molar refractivity (Wildman–Crippen MR) is 79.3 cm³/mol. The summed E-state index contributed by atoms with van der Waals surface area (Å²) >= 11 is 0. The van der Waals surface area contributed by atoms with Crippen LogP contribution in [0.4, 0.5) is 0 Å². The first-order valence-corrected chi connectivity index (χ1v) is 7.80. The first-order chi connectivity index (χ1) is 11.2. The van der Waals surface area contributed by atoms with Gasteiger partial charge in [-0.3, -0.25) is 9.59 Å². The second-order valence-corrected chi connectivity index (χ2v) is 5.91. The summed E-state index contributed by atoms with van der Waals surface area (Å²) in [7, 11) is 0. The lowest BCUT2D eigenvalue weighted by Crippen LogP contribution is -2.50. The van der Waals surface area contributed by atoms with E-state index < -0.39 is 0 Å². The Morgan fingerprint density at radius 1 is 1.26 bits per heavy atom. The van der Waals surface area contributed by atoms with Gasteiger partial charge in [0.2, 0.25) is 12.7 Å². The van der Waals surface area contributed by atoms with Gasteiger partial charge < -0.3 is 24.4 Å². The number of hydrogen-bond acceptors (Lipinski definition) is 5. The number of piperidine rings is 1. The summed E-state index contributed by atoms with van der Waals surface area (Å²) in [5.74, 6) is 1.04. The molecule has 0 unspecified atom stereocenters. The second-order valence-electron chi connectivity index (χ2n) is 5.91. The number of rotatable bonds is 1. The Hall–Kier alpha value is -2.28. The molecular formula is C16H18N2O5. The first-order valence-electron chi connectivity index (χ1n) is 7.80. The Morgan fingerprint density at radius 2 is 2.13 bits per heavy atom. The van der Waals surface area contributed by atoms with Gasteiger partial charge in [-0.2, -0.15) is 0 Å². The fourth-order valence-electron chi connectivity index (χ4n) is 3.30. The van der Waals surface area contributed by atoms with Crippen molar-refractivity contribution >= 4 is 11.8 Å². The number of carbonyl (C=O) groups is 2. The summed E-state index contributed by atoms with van der Waals surface area (Å²) in [6.07, 6.45) is 0.386. The third-order valence-electron chi connectivity index (χ3n) is 4.54. The molecule has 3 heterocycles. The molecule has 0 radical (unpaired) electrons. The zero-order valence-electron chi connectivity index (χ0n) is 12.6. The van der Waals surface area contributed by atoms with Crippen LogP contribution in [0, 0.1) is 5.92 Å². The SMILES string of the molecule is O=C1NCCO[C@H]2CN(C(=O)c3ccc4c(c3)OCO4)CC[C@@H]12. The number of benzene rings is 1. The van der Waals surface area contributed by atoms with Crippen LogP contribution in [0.2, 0.25) is 0 Å². The topological polar surface area (TPSA) is 77.1 Å². The Balaban J connectivity index is 1.50. The van der Waals surface area contributed by atoms with Crippen molar-refractivity contribution in [2.75, 3.05) is 33.0 Å².